The zero-order chi connectivity index (χ0) is 15.0. The Labute approximate surface area is 122 Å². The van der Waals surface area contributed by atoms with Crippen LogP contribution in [-0.2, 0) is 22.7 Å². The van der Waals surface area contributed by atoms with Crippen LogP contribution in [0.4, 0.5) is 0 Å². The monoisotopic (exact) mass is 289 g/mol. The lowest BCUT2D eigenvalue weighted by atomic mass is 9.82. The number of fused-ring (bicyclic) bond motifs is 2. The van der Waals surface area contributed by atoms with Crippen molar-refractivity contribution in [2.24, 2.45) is 23.7 Å². The summed E-state index contributed by atoms with van der Waals surface area (Å²) in [5, 5.41) is 16.4. The van der Waals surface area contributed by atoms with Gasteiger partial charge in [-0.3, -0.25) is 14.3 Å². The molecule has 4 atom stereocenters. The van der Waals surface area contributed by atoms with Gasteiger partial charge in [-0.1, -0.05) is 12.2 Å². The van der Waals surface area contributed by atoms with Gasteiger partial charge in [0.1, 0.15) is 0 Å². The van der Waals surface area contributed by atoms with Crippen molar-refractivity contribution in [2.45, 2.75) is 26.4 Å². The summed E-state index contributed by atoms with van der Waals surface area (Å²) in [5.74, 6) is -2.00. The van der Waals surface area contributed by atoms with Gasteiger partial charge in [0.05, 0.1) is 24.1 Å². The molecule has 2 N–H and O–H groups in total. The molecule has 1 amide bonds. The molecule has 112 valence electrons. The van der Waals surface area contributed by atoms with Crippen LogP contribution in [0.2, 0.25) is 0 Å². The van der Waals surface area contributed by atoms with Gasteiger partial charge in [-0.25, -0.2) is 0 Å². The number of carbonyl (C=O) groups is 2. The molecular formula is C15H19N3O3. The van der Waals surface area contributed by atoms with Gasteiger partial charge in [0.2, 0.25) is 5.91 Å². The summed E-state index contributed by atoms with van der Waals surface area (Å²) >= 11 is 0. The predicted molar refractivity (Wildman–Crippen MR) is 75.1 cm³/mol. The minimum absolute atomic E-state index is 0.00409. The van der Waals surface area contributed by atoms with Gasteiger partial charge in [-0.2, -0.15) is 5.10 Å². The SMILES string of the molecule is CCn1nccc1CNC(=O)[C@H]1[C@H](C(=O)O)[C@H]2C=C[C@H]1C2. The highest BCUT2D eigenvalue weighted by Crippen LogP contribution is 2.48. The average Bonchev–Trinajstić information content (AvgIpc) is 3.18. The summed E-state index contributed by atoms with van der Waals surface area (Å²) in [6.07, 6.45) is 6.41. The third-order valence-corrected chi connectivity index (χ3v) is 4.59. The molecule has 0 aromatic carbocycles. The standard InChI is InChI=1S/C15H19N3O3/c1-2-18-11(5-6-17-18)8-16-14(19)12-9-3-4-10(7-9)13(12)15(20)21/h3-6,9-10,12-13H,2,7-8H2,1H3,(H,16,19)(H,20,21)/t9-,10-,12+,13+/m0/s1. The maximum absolute atomic E-state index is 12.4. The van der Waals surface area contributed by atoms with Crippen LogP contribution in [0.25, 0.3) is 0 Å². The summed E-state index contributed by atoms with van der Waals surface area (Å²) < 4.78 is 1.82. The Hall–Kier alpha value is -2.11. The maximum atomic E-state index is 12.4. The molecule has 1 saturated carbocycles. The third kappa shape index (κ3) is 2.34. The normalized spacial score (nSPS) is 29.8. The number of carboxylic acid groups (broad SMARTS) is 1. The molecule has 2 aliphatic rings. The molecule has 1 aromatic heterocycles. The Morgan fingerprint density at radius 1 is 1.38 bits per heavy atom. The number of allylic oxidation sites excluding steroid dienone is 2. The van der Waals surface area contributed by atoms with E-state index in [0.717, 1.165) is 18.7 Å². The van der Waals surface area contributed by atoms with Gasteiger partial charge < -0.3 is 10.4 Å². The number of hydrogen-bond donors (Lipinski definition) is 2. The molecule has 0 aliphatic heterocycles. The number of carboxylic acids is 1. The number of aromatic nitrogens is 2. The van der Waals surface area contributed by atoms with Crippen molar-refractivity contribution in [3.05, 3.63) is 30.1 Å². The molecule has 0 radical (unpaired) electrons. The first kappa shape index (κ1) is 13.9. The fourth-order valence-corrected chi connectivity index (χ4v) is 3.61. The molecule has 1 heterocycles. The fourth-order valence-electron chi connectivity index (χ4n) is 3.61. The van der Waals surface area contributed by atoms with E-state index < -0.39 is 17.8 Å². The minimum atomic E-state index is -0.870. The Balaban J connectivity index is 1.68. The largest absolute Gasteiger partial charge is 0.481 e. The topological polar surface area (TPSA) is 84.2 Å². The van der Waals surface area contributed by atoms with Crippen molar-refractivity contribution in [1.82, 2.24) is 15.1 Å². The van der Waals surface area contributed by atoms with E-state index in [0.29, 0.717) is 6.54 Å². The summed E-state index contributed by atoms with van der Waals surface area (Å²) in [5.41, 5.74) is 0.927. The molecule has 2 bridgehead atoms. The van der Waals surface area contributed by atoms with Crippen LogP contribution in [-0.4, -0.2) is 26.8 Å². The van der Waals surface area contributed by atoms with Gasteiger partial charge in [-0.15, -0.1) is 0 Å². The zero-order valence-corrected chi connectivity index (χ0v) is 11.9. The third-order valence-electron chi connectivity index (χ3n) is 4.59. The van der Waals surface area contributed by atoms with E-state index in [1.807, 2.05) is 29.8 Å². The van der Waals surface area contributed by atoms with Gasteiger partial charge >= 0.3 is 5.97 Å². The second-order valence-corrected chi connectivity index (χ2v) is 5.69. The van der Waals surface area contributed by atoms with E-state index in [4.69, 9.17) is 0 Å². The lowest BCUT2D eigenvalue weighted by Crippen LogP contribution is -2.40. The van der Waals surface area contributed by atoms with E-state index in [9.17, 15) is 14.7 Å². The van der Waals surface area contributed by atoms with Crippen molar-refractivity contribution in [3.8, 4) is 0 Å². The Bertz CT molecular complexity index is 593. The molecule has 0 unspecified atom stereocenters. The molecule has 21 heavy (non-hydrogen) atoms. The molecule has 6 nitrogen and oxygen atoms in total. The van der Waals surface area contributed by atoms with E-state index in [2.05, 4.69) is 10.4 Å². The number of aryl methyl sites for hydroxylation is 1. The first-order valence-corrected chi connectivity index (χ1v) is 7.31. The van der Waals surface area contributed by atoms with Crippen molar-refractivity contribution < 1.29 is 14.7 Å². The van der Waals surface area contributed by atoms with Crippen molar-refractivity contribution in [2.75, 3.05) is 0 Å². The first-order chi connectivity index (χ1) is 10.1. The summed E-state index contributed by atoms with van der Waals surface area (Å²) in [6.45, 7) is 3.11. The molecular weight excluding hydrogens is 270 g/mol. The first-order valence-electron chi connectivity index (χ1n) is 7.31. The summed E-state index contributed by atoms with van der Waals surface area (Å²) in [6, 6.07) is 1.86. The number of nitrogens with one attached hydrogen (secondary N) is 1. The highest BCUT2D eigenvalue weighted by Gasteiger charge is 2.51. The Morgan fingerprint density at radius 2 is 2.10 bits per heavy atom. The van der Waals surface area contributed by atoms with E-state index in [-0.39, 0.29) is 17.7 Å². The highest BCUT2D eigenvalue weighted by atomic mass is 16.4. The Kier molecular flexibility index (Phi) is 3.53. The molecule has 1 aromatic rings. The molecule has 1 fully saturated rings. The number of rotatable bonds is 5. The minimum Gasteiger partial charge on any atom is -0.481 e. The predicted octanol–water partition coefficient (Wildman–Crippen LogP) is 1.04. The Morgan fingerprint density at radius 3 is 2.76 bits per heavy atom. The number of amides is 1. The molecule has 3 rings (SSSR count). The van der Waals surface area contributed by atoms with Gasteiger partial charge in [0.25, 0.3) is 0 Å². The lowest BCUT2D eigenvalue weighted by molar-refractivity contribution is -0.147. The quantitative estimate of drug-likeness (QED) is 0.793. The molecule has 6 heteroatoms. The van der Waals surface area contributed by atoms with Crippen molar-refractivity contribution in [3.63, 3.8) is 0 Å². The van der Waals surface area contributed by atoms with E-state index >= 15 is 0 Å². The van der Waals surface area contributed by atoms with Crippen LogP contribution in [0.1, 0.15) is 19.0 Å². The number of hydrogen-bond acceptors (Lipinski definition) is 3. The number of nitrogens with zero attached hydrogens (tertiary/aromatic N) is 2. The lowest BCUT2D eigenvalue weighted by Gasteiger charge is -2.23. The maximum Gasteiger partial charge on any atom is 0.307 e. The van der Waals surface area contributed by atoms with Crippen LogP contribution < -0.4 is 5.32 Å². The molecule has 0 saturated heterocycles. The zero-order valence-electron chi connectivity index (χ0n) is 11.9. The molecule has 2 aliphatic carbocycles. The average molecular weight is 289 g/mol. The molecule has 0 spiro atoms. The van der Waals surface area contributed by atoms with Crippen LogP contribution in [0.3, 0.4) is 0 Å². The second kappa shape index (κ2) is 5.35. The van der Waals surface area contributed by atoms with E-state index in [1.165, 1.54) is 0 Å². The van der Waals surface area contributed by atoms with Crippen LogP contribution >= 0.6 is 0 Å². The van der Waals surface area contributed by atoms with Crippen LogP contribution in [0, 0.1) is 23.7 Å². The smallest absolute Gasteiger partial charge is 0.307 e. The van der Waals surface area contributed by atoms with Crippen molar-refractivity contribution in [1.29, 1.82) is 0 Å². The van der Waals surface area contributed by atoms with Crippen LogP contribution in [0.5, 0.6) is 0 Å². The number of aliphatic carboxylic acids is 1. The number of carbonyl (C=O) groups excluding carboxylic acids is 1. The van der Waals surface area contributed by atoms with Gasteiger partial charge in [0.15, 0.2) is 0 Å². The highest BCUT2D eigenvalue weighted by molar-refractivity contribution is 5.86. The van der Waals surface area contributed by atoms with Gasteiger partial charge in [0, 0.05) is 12.7 Å². The fraction of sp³-hybridized carbons (Fsp3) is 0.533. The summed E-state index contributed by atoms with van der Waals surface area (Å²) in [7, 11) is 0. The second-order valence-electron chi connectivity index (χ2n) is 5.69. The van der Waals surface area contributed by atoms with E-state index in [1.54, 1.807) is 6.20 Å². The van der Waals surface area contributed by atoms with Gasteiger partial charge in [-0.05, 0) is 31.2 Å². The summed E-state index contributed by atoms with van der Waals surface area (Å²) in [4.78, 5) is 23.8. The van der Waals surface area contributed by atoms with Crippen LogP contribution in [0.15, 0.2) is 24.4 Å². The van der Waals surface area contributed by atoms with Crippen molar-refractivity contribution >= 4 is 11.9 Å².